The molecule has 0 saturated heterocycles. The van der Waals surface area contributed by atoms with Crippen LogP contribution in [0.3, 0.4) is 0 Å². The van der Waals surface area contributed by atoms with E-state index in [0.717, 1.165) is 0 Å². The van der Waals surface area contributed by atoms with E-state index < -0.39 is 10.0 Å². The van der Waals surface area contributed by atoms with Crippen LogP contribution in [0, 0.1) is 0 Å². The maximum Gasteiger partial charge on any atom is 0.244 e. The van der Waals surface area contributed by atoms with E-state index in [-0.39, 0.29) is 17.2 Å². The van der Waals surface area contributed by atoms with Gasteiger partial charge in [0.15, 0.2) is 0 Å². The lowest BCUT2D eigenvalue weighted by Gasteiger charge is -2.11. The summed E-state index contributed by atoms with van der Waals surface area (Å²) in [4.78, 5) is 3.78. The molecule has 7 nitrogen and oxygen atoms in total. The second kappa shape index (κ2) is 6.21. The van der Waals surface area contributed by atoms with Gasteiger partial charge in [-0.2, -0.15) is 5.10 Å². The highest BCUT2D eigenvalue weighted by molar-refractivity contribution is 7.89. The van der Waals surface area contributed by atoms with Crippen LogP contribution in [0.1, 0.15) is 0 Å². The van der Waals surface area contributed by atoms with Crippen molar-refractivity contribution < 1.29 is 13.2 Å². The fourth-order valence-electron chi connectivity index (χ4n) is 1.58. The molecule has 108 valence electrons. The van der Waals surface area contributed by atoms with Crippen LogP contribution in [-0.2, 0) is 16.6 Å². The fraction of sp³-hybridized carbons (Fsp3) is 0.273. The van der Waals surface area contributed by atoms with Crippen LogP contribution in [0.4, 0.5) is 0 Å². The van der Waals surface area contributed by atoms with Crippen LogP contribution in [0.15, 0.2) is 35.7 Å². The molecule has 0 aliphatic heterocycles. The molecule has 0 atom stereocenters. The molecule has 0 aliphatic carbocycles. The average Bonchev–Trinajstić information content (AvgIpc) is 2.91. The number of hydrogen-bond donors (Lipinski definition) is 1. The van der Waals surface area contributed by atoms with Crippen molar-refractivity contribution in [2.24, 2.45) is 0 Å². The highest BCUT2D eigenvalue weighted by Gasteiger charge is 2.19. The molecule has 1 aromatic heterocycles. The monoisotopic (exact) mass is 316 g/mol. The van der Waals surface area contributed by atoms with Crippen LogP contribution < -0.4 is 9.46 Å². The zero-order chi connectivity index (χ0) is 14.6. The zero-order valence-electron chi connectivity index (χ0n) is 10.7. The Morgan fingerprint density at radius 1 is 1.45 bits per heavy atom. The molecule has 0 fully saturated rings. The van der Waals surface area contributed by atoms with Crippen molar-refractivity contribution in [2.75, 3.05) is 13.7 Å². The maximum absolute atomic E-state index is 12.2. The Hall–Kier alpha value is -1.64. The number of methoxy groups -OCH3 is 1. The number of nitrogens with one attached hydrogen (secondary N) is 1. The van der Waals surface area contributed by atoms with Crippen LogP contribution in [0.25, 0.3) is 0 Å². The van der Waals surface area contributed by atoms with E-state index >= 15 is 0 Å². The summed E-state index contributed by atoms with van der Waals surface area (Å²) in [6.45, 7) is 0.559. The van der Waals surface area contributed by atoms with Gasteiger partial charge in [0, 0.05) is 11.6 Å². The summed E-state index contributed by atoms with van der Waals surface area (Å²) in [6, 6.07) is 4.42. The molecule has 0 radical (unpaired) electrons. The molecule has 9 heteroatoms. The van der Waals surface area contributed by atoms with Crippen molar-refractivity contribution in [1.29, 1.82) is 0 Å². The van der Waals surface area contributed by atoms with Crippen molar-refractivity contribution in [3.8, 4) is 5.75 Å². The molecule has 0 saturated carbocycles. The molecule has 1 heterocycles. The Labute approximate surface area is 121 Å². The Bertz CT molecular complexity index is 673. The first kappa shape index (κ1) is 14.8. The van der Waals surface area contributed by atoms with Gasteiger partial charge in [-0.1, -0.05) is 11.6 Å². The Kier molecular flexibility index (Phi) is 4.58. The van der Waals surface area contributed by atoms with Crippen LogP contribution in [0.5, 0.6) is 5.75 Å². The molecule has 20 heavy (non-hydrogen) atoms. The molecule has 2 aromatic rings. The van der Waals surface area contributed by atoms with Gasteiger partial charge in [-0.3, -0.25) is 4.68 Å². The SMILES string of the molecule is COc1ccc(Cl)cc1S(=O)(=O)NCCn1cncn1. The predicted octanol–water partition coefficient (Wildman–Crippen LogP) is 0.919. The summed E-state index contributed by atoms with van der Waals surface area (Å²) in [5, 5.41) is 4.20. The minimum atomic E-state index is -3.70. The summed E-state index contributed by atoms with van der Waals surface area (Å²) >= 11 is 5.82. The van der Waals surface area contributed by atoms with Gasteiger partial charge in [0.1, 0.15) is 23.3 Å². The Morgan fingerprint density at radius 2 is 2.25 bits per heavy atom. The van der Waals surface area contributed by atoms with E-state index in [1.165, 1.54) is 36.6 Å². The van der Waals surface area contributed by atoms with Gasteiger partial charge in [-0.15, -0.1) is 0 Å². The fourth-order valence-corrected chi connectivity index (χ4v) is 3.03. The average molecular weight is 317 g/mol. The van der Waals surface area contributed by atoms with E-state index in [1.807, 2.05) is 0 Å². The molecule has 1 N–H and O–H groups in total. The van der Waals surface area contributed by atoms with Gasteiger partial charge in [0.25, 0.3) is 0 Å². The quantitative estimate of drug-likeness (QED) is 0.856. The molecular formula is C11H13ClN4O3S. The number of rotatable bonds is 6. The first-order valence-corrected chi connectivity index (χ1v) is 7.54. The van der Waals surface area contributed by atoms with E-state index in [2.05, 4.69) is 14.8 Å². The molecule has 0 spiro atoms. The van der Waals surface area contributed by atoms with Crippen molar-refractivity contribution in [3.63, 3.8) is 0 Å². The first-order valence-electron chi connectivity index (χ1n) is 5.68. The molecule has 0 aliphatic rings. The third-order valence-electron chi connectivity index (χ3n) is 2.51. The summed E-state index contributed by atoms with van der Waals surface area (Å²) in [7, 11) is -2.30. The van der Waals surface area contributed by atoms with Crippen molar-refractivity contribution in [3.05, 3.63) is 35.9 Å². The lowest BCUT2D eigenvalue weighted by atomic mass is 10.3. The third kappa shape index (κ3) is 3.47. The highest BCUT2D eigenvalue weighted by atomic mass is 35.5. The third-order valence-corrected chi connectivity index (χ3v) is 4.23. The number of hydrogen-bond acceptors (Lipinski definition) is 5. The Morgan fingerprint density at radius 3 is 2.90 bits per heavy atom. The van der Waals surface area contributed by atoms with Crippen molar-refractivity contribution >= 4 is 21.6 Å². The molecule has 1 aromatic carbocycles. The van der Waals surface area contributed by atoms with Crippen LogP contribution in [0.2, 0.25) is 5.02 Å². The topological polar surface area (TPSA) is 86.1 Å². The van der Waals surface area contributed by atoms with Crippen molar-refractivity contribution in [2.45, 2.75) is 11.4 Å². The molecule has 0 amide bonds. The van der Waals surface area contributed by atoms with Gasteiger partial charge in [0.05, 0.1) is 13.7 Å². The van der Waals surface area contributed by atoms with Crippen LogP contribution in [-0.4, -0.2) is 36.8 Å². The van der Waals surface area contributed by atoms with Gasteiger partial charge in [-0.25, -0.2) is 18.1 Å². The standard InChI is InChI=1S/C11H13ClN4O3S/c1-19-10-3-2-9(12)6-11(10)20(17,18)15-4-5-16-8-13-7-14-16/h2-3,6-8,15H,4-5H2,1H3. The second-order valence-corrected chi connectivity index (χ2v) is 6.02. The number of halogens is 1. The maximum atomic E-state index is 12.2. The van der Waals surface area contributed by atoms with E-state index in [9.17, 15) is 8.42 Å². The summed E-state index contributed by atoms with van der Waals surface area (Å²) in [5.74, 6) is 0.239. The largest absolute Gasteiger partial charge is 0.495 e. The lowest BCUT2D eigenvalue weighted by molar-refractivity contribution is 0.402. The Balaban J connectivity index is 2.11. The van der Waals surface area contributed by atoms with E-state index in [0.29, 0.717) is 11.6 Å². The minimum absolute atomic E-state index is 0.00564. The van der Waals surface area contributed by atoms with E-state index in [1.54, 1.807) is 6.07 Å². The smallest absolute Gasteiger partial charge is 0.244 e. The van der Waals surface area contributed by atoms with Gasteiger partial charge >= 0.3 is 0 Å². The molecule has 0 unspecified atom stereocenters. The normalized spacial score (nSPS) is 11.5. The zero-order valence-corrected chi connectivity index (χ0v) is 12.2. The molecule has 2 rings (SSSR count). The summed E-state index contributed by atoms with van der Waals surface area (Å²) in [5.41, 5.74) is 0. The van der Waals surface area contributed by atoms with Gasteiger partial charge in [-0.05, 0) is 18.2 Å². The number of nitrogens with zero attached hydrogens (tertiary/aromatic N) is 3. The van der Waals surface area contributed by atoms with Crippen molar-refractivity contribution in [1.82, 2.24) is 19.5 Å². The summed E-state index contributed by atoms with van der Waals surface area (Å²) < 4.78 is 33.4. The summed E-state index contributed by atoms with van der Waals surface area (Å²) in [6.07, 6.45) is 2.89. The molecule has 0 bridgehead atoms. The number of benzene rings is 1. The first-order chi connectivity index (χ1) is 9.53. The van der Waals surface area contributed by atoms with Gasteiger partial charge < -0.3 is 4.74 Å². The lowest BCUT2D eigenvalue weighted by Crippen LogP contribution is -2.28. The van der Waals surface area contributed by atoms with Gasteiger partial charge in [0.2, 0.25) is 10.0 Å². The highest BCUT2D eigenvalue weighted by Crippen LogP contribution is 2.26. The predicted molar refractivity (Wildman–Crippen MR) is 73.2 cm³/mol. The van der Waals surface area contributed by atoms with Crippen LogP contribution >= 0.6 is 11.6 Å². The minimum Gasteiger partial charge on any atom is -0.495 e. The number of aromatic nitrogens is 3. The number of sulfonamides is 1. The molecular weight excluding hydrogens is 304 g/mol. The second-order valence-electron chi connectivity index (χ2n) is 3.85. The van der Waals surface area contributed by atoms with E-state index in [4.69, 9.17) is 16.3 Å². The number of ether oxygens (including phenoxy) is 1.